The number of aromatic hydroxyl groups is 7. The second-order valence-corrected chi connectivity index (χ2v) is 10.2. The van der Waals surface area contributed by atoms with Crippen molar-refractivity contribution in [1.29, 1.82) is 0 Å². The lowest BCUT2D eigenvalue weighted by Crippen LogP contribution is -2.60. The van der Waals surface area contributed by atoms with E-state index < -0.39 is 95.7 Å². The van der Waals surface area contributed by atoms with Gasteiger partial charge in [0.15, 0.2) is 40.6 Å². The van der Waals surface area contributed by atoms with Gasteiger partial charge in [-0.25, -0.2) is 4.79 Å². The lowest BCUT2D eigenvalue weighted by molar-refractivity contribution is -0.277. The highest BCUT2D eigenvalue weighted by molar-refractivity contribution is 5.91. The molecular formula is C28H28O16. The zero-order chi connectivity index (χ0) is 32.0. The maximum absolute atomic E-state index is 13.1. The topological polar surface area (TPSA) is 277 Å². The van der Waals surface area contributed by atoms with E-state index in [1.165, 1.54) is 0 Å². The van der Waals surface area contributed by atoms with E-state index in [0.29, 0.717) is 0 Å². The Morgan fingerprint density at radius 1 is 0.795 bits per heavy atom. The van der Waals surface area contributed by atoms with E-state index in [4.69, 9.17) is 18.9 Å². The molecule has 16 heteroatoms. The van der Waals surface area contributed by atoms with Crippen LogP contribution < -0.4 is 9.47 Å². The van der Waals surface area contributed by atoms with Crippen molar-refractivity contribution < 1.29 is 79.9 Å². The summed E-state index contributed by atoms with van der Waals surface area (Å²) < 4.78 is 22.8. The van der Waals surface area contributed by atoms with Crippen molar-refractivity contribution in [2.45, 2.75) is 49.3 Å². The lowest BCUT2D eigenvalue weighted by Gasteiger charge is -2.40. The predicted octanol–water partition coefficient (Wildman–Crippen LogP) is -0.294. The molecule has 11 N–H and O–H groups in total. The molecule has 1 saturated heterocycles. The highest BCUT2D eigenvalue weighted by Crippen LogP contribution is 2.47. The van der Waals surface area contributed by atoms with Gasteiger partial charge >= 0.3 is 5.97 Å². The van der Waals surface area contributed by atoms with Gasteiger partial charge in [0.05, 0.1) is 12.2 Å². The van der Waals surface area contributed by atoms with Gasteiger partial charge in [0.25, 0.3) is 0 Å². The Morgan fingerprint density at radius 2 is 1.39 bits per heavy atom. The quantitative estimate of drug-likeness (QED) is 0.125. The number of aliphatic hydroxyl groups excluding tert-OH is 4. The van der Waals surface area contributed by atoms with E-state index in [9.17, 15) is 61.0 Å². The molecule has 0 radical (unpaired) electrons. The molecule has 3 aromatic carbocycles. The third-order valence-electron chi connectivity index (χ3n) is 7.23. The molecular weight excluding hydrogens is 592 g/mol. The molecule has 2 heterocycles. The predicted molar refractivity (Wildman–Crippen MR) is 142 cm³/mol. The summed E-state index contributed by atoms with van der Waals surface area (Å²) in [6, 6.07) is 5.96. The average Bonchev–Trinajstić information content (AvgIpc) is 2.98. The first kappa shape index (κ1) is 30.6. The Hall–Kier alpha value is -4.87. The van der Waals surface area contributed by atoms with E-state index >= 15 is 0 Å². The van der Waals surface area contributed by atoms with Gasteiger partial charge in [-0.3, -0.25) is 0 Å². The number of carbonyl (C=O) groups excluding carboxylic acids is 1. The Morgan fingerprint density at radius 3 is 1.98 bits per heavy atom. The van der Waals surface area contributed by atoms with Crippen molar-refractivity contribution in [2.24, 2.45) is 0 Å². The van der Waals surface area contributed by atoms with E-state index in [1.807, 2.05) is 0 Å². The van der Waals surface area contributed by atoms with Crippen LogP contribution in [0.4, 0.5) is 0 Å². The Balaban J connectivity index is 1.53. The molecule has 0 spiro atoms. The molecule has 236 valence electrons. The Bertz CT molecular complexity index is 1530. The summed E-state index contributed by atoms with van der Waals surface area (Å²) in [6.07, 6.45) is -11.2. The average molecular weight is 621 g/mol. The van der Waals surface area contributed by atoms with Crippen LogP contribution in [0.25, 0.3) is 0 Å². The highest BCUT2D eigenvalue weighted by Gasteiger charge is 2.45. The molecule has 7 atom stereocenters. The molecule has 44 heavy (non-hydrogen) atoms. The maximum Gasteiger partial charge on any atom is 0.338 e. The van der Waals surface area contributed by atoms with Crippen molar-refractivity contribution >= 4 is 5.97 Å². The number of rotatable bonds is 6. The van der Waals surface area contributed by atoms with Crippen LogP contribution in [-0.2, 0) is 15.9 Å². The molecule has 0 saturated carbocycles. The molecule has 16 nitrogen and oxygen atoms in total. The van der Waals surface area contributed by atoms with Gasteiger partial charge in [-0.2, -0.15) is 0 Å². The van der Waals surface area contributed by atoms with Gasteiger partial charge in [-0.15, -0.1) is 0 Å². The van der Waals surface area contributed by atoms with Crippen LogP contribution in [0.3, 0.4) is 0 Å². The standard InChI is InChI=1S/C28H28O16/c29-8-20-23(37)24(38)25(39)28(44-20)43-18-6-11(30)5-17-12(18)7-19(26(41-17)9-1-13(31)21(35)14(32)2-9)42-27(40)10-3-15(33)22(36)16(34)4-10/h1-6,19-20,23-26,28-39H,7-8H2/t19-,20+,23+,24-,25+,26-,28-/m0/s1. The zero-order valence-corrected chi connectivity index (χ0v) is 22.4. The number of hydrogen-bond donors (Lipinski definition) is 11. The number of ether oxygens (including phenoxy) is 4. The molecule has 0 unspecified atom stereocenters. The molecule has 2 aliphatic heterocycles. The molecule has 3 aromatic rings. The zero-order valence-electron chi connectivity index (χ0n) is 22.4. The number of phenols is 7. The summed E-state index contributed by atoms with van der Waals surface area (Å²) in [5.74, 6) is -6.62. The third kappa shape index (κ3) is 5.59. The summed E-state index contributed by atoms with van der Waals surface area (Å²) in [7, 11) is 0. The Kier molecular flexibility index (Phi) is 8.11. The summed E-state index contributed by atoms with van der Waals surface area (Å²) >= 11 is 0. The highest BCUT2D eigenvalue weighted by atomic mass is 16.7. The number of hydrogen-bond acceptors (Lipinski definition) is 16. The fraction of sp³-hybridized carbons (Fsp3) is 0.321. The van der Waals surface area contributed by atoms with Crippen molar-refractivity contribution in [1.82, 2.24) is 0 Å². The first-order valence-electron chi connectivity index (χ1n) is 13.0. The second-order valence-electron chi connectivity index (χ2n) is 10.2. The SMILES string of the molecule is O=C(O[C@H]1Cc2c(O[C@H]3O[C@H](CO)[C@@H](O)[C@H](O)[C@H]3O)cc(O)cc2O[C@H]1c1cc(O)c(O)c(O)c1)c1cc(O)c(O)c(O)c1. The number of fused-ring (bicyclic) bond motifs is 1. The number of benzene rings is 3. The summed E-state index contributed by atoms with van der Waals surface area (Å²) in [4.78, 5) is 13.1. The van der Waals surface area contributed by atoms with Crippen LogP contribution in [0.1, 0.15) is 27.6 Å². The molecule has 2 aliphatic rings. The minimum Gasteiger partial charge on any atom is -0.508 e. The molecule has 1 fully saturated rings. The van der Waals surface area contributed by atoms with Crippen molar-refractivity contribution in [3.05, 3.63) is 53.1 Å². The van der Waals surface area contributed by atoms with Crippen LogP contribution in [0.15, 0.2) is 36.4 Å². The largest absolute Gasteiger partial charge is 0.508 e. The summed E-state index contributed by atoms with van der Waals surface area (Å²) in [6.45, 7) is -0.736. The molecule has 0 amide bonds. The third-order valence-corrected chi connectivity index (χ3v) is 7.23. The van der Waals surface area contributed by atoms with Gasteiger partial charge in [-0.05, 0) is 24.3 Å². The molecule has 0 aromatic heterocycles. The minimum absolute atomic E-state index is 0.00241. The Labute approximate surface area is 247 Å². The second kappa shape index (κ2) is 11.7. The van der Waals surface area contributed by atoms with E-state index in [2.05, 4.69) is 0 Å². The van der Waals surface area contributed by atoms with E-state index in [1.54, 1.807) is 0 Å². The van der Waals surface area contributed by atoms with Crippen molar-refractivity contribution in [3.63, 3.8) is 0 Å². The van der Waals surface area contributed by atoms with E-state index in [-0.39, 0.29) is 34.6 Å². The van der Waals surface area contributed by atoms with Crippen LogP contribution >= 0.6 is 0 Å². The van der Waals surface area contributed by atoms with Gasteiger partial charge in [0.1, 0.15) is 47.8 Å². The number of aliphatic hydroxyl groups is 4. The normalized spacial score (nSPS) is 26.3. The summed E-state index contributed by atoms with van der Waals surface area (Å²) in [5.41, 5.74) is -0.267. The van der Waals surface area contributed by atoms with Crippen molar-refractivity contribution in [3.8, 4) is 51.7 Å². The number of carbonyl (C=O) groups is 1. The van der Waals surface area contributed by atoms with Gasteiger partial charge in [0.2, 0.25) is 6.29 Å². The van der Waals surface area contributed by atoms with Gasteiger partial charge < -0.3 is 75.1 Å². The molecule has 0 aliphatic carbocycles. The van der Waals surface area contributed by atoms with Crippen LogP contribution in [0.2, 0.25) is 0 Å². The number of phenolic OH excluding ortho intramolecular Hbond substituents is 7. The first-order chi connectivity index (χ1) is 20.8. The van der Waals surface area contributed by atoms with Crippen LogP contribution in [0.5, 0.6) is 51.7 Å². The smallest absolute Gasteiger partial charge is 0.338 e. The van der Waals surface area contributed by atoms with Gasteiger partial charge in [-0.1, -0.05) is 0 Å². The number of esters is 1. The van der Waals surface area contributed by atoms with Gasteiger partial charge in [0, 0.05) is 29.7 Å². The molecule has 5 rings (SSSR count). The maximum atomic E-state index is 13.1. The fourth-order valence-electron chi connectivity index (χ4n) is 4.93. The van der Waals surface area contributed by atoms with Crippen molar-refractivity contribution in [2.75, 3.05) is 6.61 Å². The fourth-order valence-corrected chi connectivity index (χ4v) is 4.93. The van der Waals surface area contributed by atoms with Crippen LogP contribution in [0, 0.1) is 0 Å². The minimum atomic E-state index is -1.81. The monoisotopic (exact) mass is 620 g/mol. The summed E-state index contributed by atoms with van der Waals surface area (Å²) in [5, 5.41) is 110. The lowest BCUT2D eigenvalue weighted by atomic mass is 9.93. The first-order valence-corrected chi connectivity index (χ1v) is 13.0. The van der Waals surface area contributed by atoms with E-state index in [0.717, 1.165) is 36.4 Å². The molecule has 0 bridgehead atoms. The van der Waals surface area contributed by atoms with Crippen LogP contribution in [-0.4, -0.2) is 106 Å².